The van der Waals surface area contributed by atoms with Crippen LogP contribution in [0.2, 0.25) is 10.0 Å². The number of rotatable bonds is 7. The number of nitrogens with two attached hydrogens (primary N) is 1. The molecular weight excluding hydrogens is 629 g/mol. The average Bonchev–Trinajstić information content (AvgIpc) is 2.93. The number of hydrogen-bond donors (Lipinski definition) is 3. The SMILES string of the molecule is CC(C)(C)NC(=O)Nc1ccn(Cc2ccccc2Cl)c(=O)c1[N+](=O)[O-].Nc1ccn(Cc2ccccc2Cl)c(=O)c1[N+](=O)[O-]. The highest BCUT2D eigenvalue weighted by Gasteiger charge is 2.24. The zero-order valence-corrected chi connectivity index (χ0v) is 25.8. The van der Waals surface area contributed by atoms with E-state index >= 15 is 0 Å². The smallest absolute Gasteiger partial charge is 0.357 e. The van der Waals surface area contributed by atoms with Crippen molar-refractivity contribution in [1.82, 2.24) is 14.5 Å². The number of carbonyl (C=O) groups is 1. The zero-order valence-electron chi connectivity index (χ0n) is 24.3. The molecule has 0 aliphatic heterocycles. The summed E-state index contributed by atoms with van der Waals surface area (Å²) < 4.78 is 2.38. The number of nitrogens with zero attached hydrogens (tertiary/aromatic N) is 4. The van der Waals surface area contributed by atoms with E-state index in [0.29, 0.717) is 21.2 Å². The van der Waals surface area contributed by atoms with Gasteiger partial charge >= 0.3 is 28.5 Å². The van der Waals surface area contributed by atoms with Crippen molar-refractivity contribution in [3.8, 4) is 0 Å². The lowest BCUT2D eigenvalue weighted by Crippen LogP contribution is -2.43. The van der Waals surface area contributed by atoms with Crippen LogP contribution in [0, 0.1) is 20.2 Å². The van der Waals surface area contributed by atoms with E-state index in [-0.39, 0.29) is 24.5 Å². The normalized spacial score (nSPS) is 10.8. The van der Waals surface area contributed by atoms with Crippen molar-refractivity contribution >= 4 is 52.0 Å². The van der Waals surface area contributed by atoms with Crippen LogP contribution in [0.3, 0.4) is 0 Å². The van der Waals surface area contributed by atoms with Gasteiger partial charge in [-0.2, -0.15) is 0 Å². The molecule has 2 aromatic heterocycles. The first kappa shape index (κ1) is 34.3. The van der Waals surface area contributed by atoms with Crippen LogP contribution >= 0.6 is 23.2 Å². The molecule has 14 nitrogen and oxygen atoms in total. The number of carbonyl (C=O) groups excluding carboxylic acids is 1. The molecule has 4 rings (SSSR count). The van der Waals surface area contributed by atoms with Gasteiger partial charge in [0.05, 0.1) is 22.9 Å². The highest BCUT2D eigenvalue weighted by molar-refractivity contribution is 6.31. The van der Waals surface area contributed by atoms with Gasteiger partial charge in [-0.15, -0.1) is 0 Å². The van der Waals surface area contributed by atoms with E-state index in [0.717, 1.165) is 0 Å². The van der Waals surface area contributed by atoms with Gasteiger partial charge in [-0.1, -0.05) is 59.6 Å². The van der Waals surface area contributed by atoms with Gasteiger partial charge in [-0.05, 0) is 56.2 Å². The molecule has 16 heteroatoms. The molecule has 45 heavy (non-hydrogen) atoms. The lowest BCUT2D eigenvalue weighted by molar-refractivity contribution is -0.385. The number of nitrogen functional groups attached to an aromatic ring is 1. The first-order chi connectivity index (χ1) is 21.1. The number of amides is 2. The van der Waals surface area contributed by atoms with E-state index < -0.39 is 43.9 Å². The van der Waals surface area contributed by atoms with Crippen LogP contribution in [0.15, 0.2) is 82.6 Å². The fraction of sp³-hybridized carbons (Fsp3) is 0.207. The molecule has 2 heterocycles. The summed E-state index contributed by atoms with van der Waals surface area (Å²) in [5, 5.41) is 28.1. The summed E-state index contributed by atoms with van der Waals surface area (Å²) in [6.45, 7) is 5.53. The number of pyridine rings is 2. The molecule has 0 fully saturated rings. The average molecular weight is 658 g/mol. The van der Waals surface area contributed by atoms with Gasteiger partial charge in [-0.25, -0.2) is 4.79 Å². The monoisotopic (exact) mass is 657 g/mol. The van der Waals surface area contributed by atoms with Crippen LogP contribution in [0.1, 0.15) is 31.9 Å². The summed E-state index contributed by atoms with van der Waals surface area (Å²) in [6, 6.07) is 15.9. The van der Waals surface area contributed by atoms with E-state index in [2.05, 4.69) is 10.6 Å². The number of benzene rings is 2. The summed E-state index contributed by atoms with van der Waals surface area (Å²) in [5.74, 6) is 0. The Bertz CT molecular complexity index is 1870. The zero-order chi connectivity index (χ0) is 33.5. The highest BCUT2D eigenvalue weighted by Crippen LogP contribution is 2.22. The summed E-state index contributed by atoms with van der Waals surface area (Å²) in [7, 11) is 0. The molecule has 2 amide bonds. The van der Waals surface area contributed by atoms with Crippen molar-refractivity contribution in [1.29, 1.82) is 0 Å². The first-order valence-corrected chi connectivity index (χ1v) is 13.9. The van der Waals surface area contributed by atoms with E-state index in [1.165, 1.54) is 33.7 Å². The lowest BCUT2D eigenvalue weighted by atomic mass is 10.1. The maximum absolute atomic E-state index is 12.5. The predicted molar refractivity (Wildman–Crippen MR) is 172 cm³/mol. The van der Waals surface area contributed by atoms with Crippen molar-refractivity contribution in [3.63, 3.8) is 0 Å². The second-order valence-electron chi connectivity index (χ2n) is 10.6. The number of hydrogen-bond acceptors (Lipinski definition) is 8. The summed E-state index contributed by atoms with van der Waals surface area (Å²) in [6.07, 6.45) is 2.79. The topological polar surface area (TPSA) is 197 Å². The van der Waals surface area contributed by atoms with E-state index in [1.807, 2.05) is 0 Å². The van der Waals surface area contributed by atoms with Gasteiger partial charge in [0, 0.05) is 28.0 Å². The number of nitro groups is 2. The minimum Gasteiger partial charge on any atom is -0.393 e. The van der Waals surface area contributed by atoms with E-state index in [1.54, 1.807) is 69.3 Å². The van der Waals surface area contributed by atoms with Gasteiger partial charge in [0.1, 0.15) is 11.4 Å². The maximum Gasteiger partial charge on any atom is 0.357 e. The minimum absolute atomic E-state index is 0.0772. The Hall–Kier alpha value is -5.21. The van der Waals surface area contributed by atoms with Crippen molar-refractivity contribution in [2.45, 2.75) is 39.4 Å². The second-order valence-corrected chi connectivity index (χ2v) is 11.4. The Morgan fingerprint density at radius 1 is 0.800 bits per heavy atom. The molecule has 2 aromatic carbocycles. The number of anilines is 2. The highest BCUT2D eigenvalue weighted by atomic mass is 35.5. The fourth-order valence-corrected chi connectivity index (χ4v) is 4.35. The summed E-state index contributed by atoms with van der Waals surface area (Å²) in [4.78, 5) is 57.0. The molecule has 0 aliphatic carbocycles. The van der Waals surface area contributed by atoms with E-state index in [4.69, 9.17) is 28.9 Å². The Morgan fingerprint density at radius 2 is 1.24 bits per heavy atom. The Morgan fingerprint density at radius 3 is 1.69 bits per heavy atom. The third kappa shape index (κ3) is 9.14. The molecule has 4 N–H and O–H groups in total. The van der Waals surface area contributed by atoms with Crippen LogP contribution in [0.25, 0.3) is 0 Å². The number of urea groups is 1. The number of nitrogens with one attached hydrogen (secondary N) is 2. The number of halogens is 2. The van der Waals surface area contributed by atoms with Crippen molar-refractivity contribution in [3.05, 3.63) is 135 Å². The van der Waals surface area contributed by atoms with Crippen LogP contribution in [0.4, 0.5) is 27.5 Å². The third-order valence-electron chi connectivity index (χ3n) is 6.01. The molecule has 0 spiro atoms. The molecule has 0 saturated heterocycles. The van der Waals surface area contributed by atoms with Gasteiger partial charge in [-0.3, -0.25) is 29.8 Å². The minimum atomic E-state index is -0.830. The second kappa shape index (κ2) is 14.5. The summed E-state index contributed by atoms with van der Waals surface area (Å²) in [5.41, 5.74) is 3.04. The van der Waals surface area contributed by atoms with Crippen molar-refractivity contribution in [2.75, 3.05) is 11.1 Å². The molecular formula is C29H29Cl2N7O7. The lowest BCUT2D eigenvalue weighted by Gasteiger charge is -2.20. The molecule has 0 atom stereocenters. The standard InChI is InChI=1S/C17H19ClN4O4.C12H10ClN3O3/c1-17(2,3)20-16(24)19-13-8-9-21(15(23)14(13)22(25)26)10-11-6-4-5-7-12(11)18;13-9-4-2-1-3-8(9)7-15-6-5-10(14)11(12(15)17)16(18)19/h4-9H,10H2,1-3H3,(H2,19,20,24);1-6H,7,14H2. The molecule has 0 saturated carbocycles. The fourth-order valence-electron chi connectivity index (χ4n) is 3.96. The van der Waals surface area contributed by atoms with Crippen LogP contribution < -0.4 is 27.5 Å². The van der Waals surface area contributed by atoms with Crippen LogP contribution in [-0.4, -0.2) is 30.6 Å². The maximum atomic E-state index is 12.5. The molecule has 236 valence electrons. The quantitative estimate of drug-likeness (QED) is 0.173. The predicted octanol–water partition coefficient (Wildman–Crippen LogP) is 5.42. The Labute approximate surface area is 266 Å². The van der Waals surface area contributed by atoms with E-state index in [9.17, 15) is 34.6 Å². The molecule has 0 aliphatic rings. The summed E-state index contributed by atoms with van der Waals surface area (Å²) >= 11 is 12.1. The van der Waals surface area contributed by atoms with Crippen LogP contribution in [-0.2, 0) is 13.1 Å². The molecule has 0 unspecified atom stereocenters. The van der Waals surface area contributed by atoms with Gasteiger partial charge < -0.3 is 25.5 Å². The third-order valence-corrected chi connectivity index (χ3v) is 6.75. The van der Waals surface area contributed by atoms with Crippen LogP contribution in [0.5, 0.6) is 0 Å². The van der Waals surface area contributed by atoms with Crippen molar-refractivity contribution < 1.29 is 14.6 Å². The largest absolute Gasteiger partial charge is 0.393 e. The van der Waals surface area contributed by atoms with Gasteiger partial charge in [0.15, 0.2) is 0 Å². The van der Waals surface area contributed by atoms with Gasteiger partial charge in [0.2, 0.25) is 0 Å². The molecule has 0 bridgehead atoms. The Kier molecular flexibility index (Phi) is 11.1. The van der Waals surface area contributed by atoms with Gasteiger partial charge in [0.25, 0.3) is 0 Å². The molecule has 4 aromatic rings. The van der Waals surface area contributed by atoms with Crippen molar-refractivity contribution in [2.24, 2.45) is 0 Å². The Balaban J connectivity index is 0.000000257. The first-order valence-electron chi connectivity index (χ1n) is 13.2. The molecule has 0 radical (unpaired) electrons. The number of aromatic nitrogens is 2.